The van der Waals surface area contributed by atoms with Gasteiger partial charge in [0.05, 0.1) is 11.4 Å². The van der Waals surface area contributed by atoms with Gasteiger partial charge in [-0.2, -0.15) is 0 Å². The van der Waals surface area contributed by atoms with Crippen LogP contribution < -0.4 is 14.9 Å². The van der Waals surface area contributed by atoms with Gasteiger partial charge < -0.3 is 20.1 Å². The maximum absolute atomic E-state index is 13.3. The minimum Gasteiger partial charge on any atom is -0.380 e. The molecule has 0 unspecified atom stereocenters. The summed E-state index contributed by atoms with van der Waals surface area (Å²) in [4.78, 5) is 29.1. The number of benzene rings is 1. The number of nitrogens with zero attached hydrogens (tertiary/aromatic N) is 4. The molecule has 0 saturated carbocycles. The largest absolute Gasteiger partial charge is 0.380 e. The van der Waals surface area contributed by atoms with Crippen molar-refractivity contribution in [1.82, 2.24) is 19.9 Å². The van der Waals surface area contributed by atoms with Gasteiger partial charge in [-0.05, 0) is 74.4 Å². The SMILES string of the molecule is CC(C)Nc1cccnc1N1CCN(C(=O)c2cc3cc(NS(=O)(=O)CCc4ccncc4)ccc3[nH]2)CC1. The number of carbonyl (C=O) groups is 1. The van der Waals surface area contributed by atoms with E-state index in [1.807, 2.05) is 17.0 Å². The number of aromatic nitrogens is 3. The van der Waals surface area contributed by atoms with Crippen LogP contribution in [0.2, 0.25) is 0 Å². The molecule has 10 nitrogen and oxygen atoms in total. The van der Waals surface area contributed by atoms with Crippen LogP contribution in [0.15, 0.2) is 67.1 Å². The van der Waals surface area contributed by atoms with Gasteiger partial charge in [-0.3, -0.25) is 14.5 Å². The fraction of sp³-hybridized carbons (Fsp3) is 0.321. The number of piperazine rings is 1. The van der Waals surface area contributed by atoms with E-state index >= 15 is 0 Å². The van der Waals surface area contributed by atoms with E-state index in [1.54, 1.807) is 55.0 Å². The lowest BCUT2D eigenvalue weighted by Gasteiger charge is -2.36. The average Bonchev–Trinajstić information content (AvgIpc) is 3.36. The van der Waals surface area contributed by atoms with Crippen LogP contribution in [0.3, 0.4) is 0 Å². The Kier molecular flexibility index (Phi) is 7.69. The van der Waals surface area contributed by atoms with Gasteiger partial charge in [0.1, 0.15) is 5.69 Å². The van der Waals surface area contributed by atoms with Crippen molar-refractivity contribution >= 4 is 44.0 Å². The third-order valence-electron chi connectivity index (χ3n) is 6.63. The highest BCUT2D eigenvalue weighted by molar-refractivity contribution is 7.92. The van der Waals surface area contributed by atoms with E-state index in [0.717, 1.165) is 28.0 Å². The molecule has 1 aliphatic rings. The molecule has 0 atom stereocenters. The van der Waals surface area contributed by atoms with Gasteiger partial charge in [-0.15, -0.1) is 0 Å². The van der Waals surface area contributed by atoms with E-state index in [4.69, 9.17) is 0 Å². The second-order valence-corrected chi connectivity index (χ2v) is 11.8. The topological polar surface area (TPSA) is 123 Å². The molecule has 1 aliphatic heterocycles. The van der Waals surface area contributed by atoms with E-state index in [9.17, 15) is 13.2 Å². The number of pyridine rings is 2. The molecule has 3 aromatic heterocycles. The summed E-state index contributed by atoms with van der Waals surface area (Å²) >= 11 is 0. The molecule has 11 heteroatoms. The number of anilines is 3. The normalized spacial score (nSPS) is 14.1. The number of nitrogens with one attached hydrogen (secondary N) is 3. The summed E-state index contributed by atoms with van der Waals surface area (Å²) in [5, 5.41) is 4.21. The minimum atomic E-state index is -3.54. The summed E-state index contributed by atoms with van der Waals surface area (Å²) in [6.07, 6.45) is 5.48. The van der Waals surface area contributed by atoms with Crippen LogP contribution in [0, 0.1) is 0 Å². The van der Waals surface area contributed by atoms with E-state index < -0.39 is 10.0 Å². The summed E-state index contributed by atoms with van der Waals surface area (Å²) in [5.74, 6) is 0.789. The smallest absolute Gasteiger partial charge is 0.270 e. The molecule has 3 N–H and O–H groups in total. The van der Waals surface area contributed by atoms with E-state index in [0.29, 0.717) is 50.0 Å². The van der Waals surface area contributed by atoms with Gasteiger partial charge in [-0.1, -0.05) is 0 Å². The molecule has 1 fully saturated rings. The van der Waals surface area contributed by atoms with Gasteiger partial charge >= 0.3 is 0 Å². The third-order valence-corrected chi connectivity index (χ3v) is 7.92. The Labute approximate surface area is 228 Å². The van der Waals surface area contributed by atoms with Crippen LogP contribution in [0.1, 0.15) is 29.9 Å². The van der Waals surface area contributed by atoms with Gasteiger partial charge in [0.15, 0.2) is 5.82 Å². The van der Waals surface area contributed by atoms with Crippen LogP contribution in [0.4, 0.5) is 17.2 Å². The Morgan fingerprint density at radius 2 is 1.79 bits per heavy atom. The van der Waals surface area contributed by atoms with Crippen molar-refractivity contribution in [1.29, 1.82) is 0 Å². The van der Waals surface area contributed by atoms with Crippen molar-refractivity contribution in [2.45, 2.75) is 26.3 Å². The quantitative estimate of drug-likeness (QED) is 0.292. The number of aryl methyl sites for hydroxylation is 1. The molecule has 4 heterocycles. The number of aromatic amines is 1. The summed E-state index contributed by atoms with van der Waals surface area (Å²) < 4.78 is 27.9. The molecular formula is C28H33N7O3S. The Balaban J connectivity index is 1.22. The highest BCUT2D eigenvalue weighted by atomic mass is 32.2. The lowest BCUT2D eigenvalue weighted by Crippen LogP contribution is -2.49. The summed E-state index contributed by atoms with van der Waals surface area (Å²) in [7, 11) is -3.54. The molecule has 4 aromatic rings. The lowest BCUT2D eigenvalue weighted by atomic mass is 10.2. The first-order valence-corrected chi connectivity index (χ1v) is 14.7. The molecule has 5 rings (SSSR count). The van der Waals surface area contributed by atoms with E-state index in [-0.39, 0.29) is 11.7 Å². The Bertz CT molecular complexity index is 1550. The number of sulfonamides is 1. The molecule has 39 heavy (non-hydrogen) atoms. The zero-order valence-corrected chi connectivity index (χ0v) is 22.9. The Hall–Kier alpha value is -4.12. The van der Waals surface area contributed by atoms with Crippen LogP contribution in [0.5, 0.6) is 0 Å². The molecular weight excluding hydrogens is 514 g/mol. The summed E-state index contributed by atoms with van der Waals surface area (Å²) in [6.45, 7) is 6.71. The summed E-state index contributed by atoms with van der Waals surface area (Å²) in [6, 6.07) is 14.9. The predicted molar refractivity (Wildman–Crippen MR) is 155 cm³/mol. The van der Waals surface area contributed by atoms with Crippen LogP contribution in [0.25, 0.3) is 10.9 Å². The molecule has 0 aliphatic carbocycles. The summed E-state index contributed by atoms with van der Waals surface area (Å²) in [5.41, 5.74) is 3.62. The van der Waals surface area contributed by atoms with Crippen molar-refractivity contribution in [2.75, 3.05) is 46.9 Å². The van der Waals surface area contributed by atoms with E-state index in [2.05, 4.69) is 43.7 Å². The predicted octanol–water partition coefficient (Wildman–Crippen LogP) is 3.73. The average molecular weight is 548 g/mol. The van der Waals surface area contributed by atoms with Gasteiger partial charge in [-0.25, -0.2) is 13.4 Å². The molecule has 0 radical (unpaired) electrons. The number of fused-ring (bicyclic) bond motifs is 1. The Morgan fingerprint density at radius 1 is 1.03 bits per heavy atom. The first kappa shape index (κ1) is 26.5. The first-order valence-electron chi connectivity index (χ1n) is 13.1. The fourth-order valence-corrected chi connectivity index (χ4v) is 5.80. The number of hydrogen-bond donors (Lipinski definition) is 3. The van der Waals surface area contributed by atoms with Crippen molar-refractivity contribution in [3.05, 3.63) is 78.4 Å². The van der Waals surface area contributed by atoms with Crippen LogP contribution in [-0.2, 0) is 16.4 Å². The molecule has 204 valence electrons. The van der Waals surface area contributed by atoms with Crippen molar-refractivity contribution < 1.29 is 13.2 Å². The highest BCUT2D eigenvalue weighted by Gasteiger charge is 2.25. The third kappa shape index (κ3) is 6.48. The minimum absolute atomic E-state index is 0.0363. The van der Waals surface area contributed by atoms with Crippen LogP contribution >= 0.6 is 0 Å². The highest BCUT2D eigenvalue weighted by Crippen LogP contribution is 2.26. The van der Waals surface area contributed by atoms with Crippen molar-refractivity contribution in [3.63, 3.8) is 0 Å². The van der Waals surface area contributed by atoms with Gasteiger partial charge in [0, 0.05) is 67.4 Å². The number of hydrogen-bond acceptors (Lipinski definition) is 7. The lowest BCUT2D eigenvalue weighted by molar-refractivity contribution is 0.0741. The van der Waals surface area contributed by atoms with E-state index in [1.165, 1.54) is 0 Å². The molecule has 1 amide bonds. The number of rotatable bonds is 9. The Morgan fingerprint density at radius 3 is 2.54 bits per heavy atom. The van der Waals surface area contributed by atoms with Crippen LogP contribution in [-0.4, -0.2) is 72.2 Å². The molecule has 1 saturated heterocycles. The fourth-order valence-electron chi connectivity index (χ4n) is 4.71. The van der Waals surface area contributed by atoms with Gasteiger partial charge in [0.25, 0.3) is 5.91 Å². The standard InChI is InChI=1S/C28H33N7O3S/c1-20(2)31-25-4-3-10-30-27(25)34-13-15-35(16-14-34)28(36)26-19-22-18-23(5-6-24(22)32-26)33-39(37,38)17-9-21-7-11-29-12-8-21/h3-8,10-12,18-20,31-33H,9,13-17H2,1-2H3. The van der Waals surface area contributed by atoms with Crippen molar-refractivity contribution in [2.24, 2.45) is 0 Å². The molecule has 1 aromatic carbocycles. The first-order chi connectivity index (χ1) is 18.8. The zero-order chi connectivity index (χ0) is 27.4. The molecule has 0 spiro atoms. The maximum atomic E-state index is 13.3. The number of H-pyrrole nitrogens is 1. The monoisotopic (exact) mass is 547 g/mol. The second-order valence-electron chi connectivity index (χ2n) is 9.96. The van der Waals surface area contributed by atoms with Crippen molar-refractivity contribution in [3.8, 4) is 0 Å². The second kappa shape index (κ2) is 11.3. The zero-order valence-electron chi connectivity index (χ0n) is 22.1. The van der Waals surface area contributed by atoms with Gasteiger partial charge in [0.2, 0.25) is 10.0 Å². The maximum Gasteiger partial charge on any atom is 0.270 e. The molecule has 0 bridgehead atoms. The number of carbonyl (C=O) groups excluding carboxylic acids is 1. The number of amides is 1.